The summed E-state index contributed by atoms with van der Waals surface area (Å²) in [5.74, 6) is -0.109. The summed E-state index contributed by atoms with van der Waals surface area (Å²) in [6.07, 6.45) is 2.73. The van der Waals surface area contributed by atoms with E-state index in [2.05, 4.69) is 32.7 Å². The van der Waals surface area contributed by atoms with Gasteiger partial charge < -0.3 is 14.5 Å². The van der Waals surface area contributed by atoms with Gasteiger partial charge in [0.05, 0.1) is 12.3 Å². The Bertz CT molecular complexity index is 1160. The van der Waals surface area contributed by atoms with E-state index >= 15 is 0 Å². The van der Waals surface area contributed by atoms with Crippen molar-refractivity contribution in [1.29, 1.82) is 0 Å². The van der Waals surface area contributed by atoms with Gasteiger partial charge in [0.25, 0.3) is 5.91 Å². The standard InChI is InChI=1S/C31H44N4O4/c1-8-13-24-26(30(38)39-9-2)27(33-28(32-24)23-14-11-10-12-15-23)29(37)34-16-17-35(22(4)20-34)25(36)18-21(3)19-31(5,6)7/h10-12,14-15,21-22H,8-9,13,16-20H2,1-7H3. The highest BCUT2D eigenvalue weighted by Gasteiger charge is 2.34. The molecule has 1 aliphatic rings. The highest BCUT2D eigenvalue weighted by Crippen LogP contribution is 2.28. The Hall–Kier alpha value is -3.29. The first-order chi connectivity index (χ1) is 18.4. The van der Waals surface area contributed by atoms with E-state index in [4.69, 9.17) is 9.72 Å². The van der Waals surface area contributed by atoms with Crippen LogP contribution in [0.15, 0.2) is 30.3 Å². The minimum absolute atomic E-state index is 0.0662. The first kappa shape index (κ1) is 30.3. The predicted molar refractivity (Wildman–Crippen MR) is 152 cm³/mol. The molecule has 2 aromatic rings. The molecule has 0 saturated carbocycles. The molecule has 8 heteroatoms. The van der Waals surface area contributed by atoms with Crippen molar-refractivity contribution in [3.63, 3.8) is 0 Å². The van der Waals surface area contributed by atoms with Gasteiger partial charge in [-0.25, -0.2) is 14.8 Å². The minimum Gasteiger partial charge on any atom is -0.462 e. The zero-order valence-electron chi connectivity index (χ0n) is 24.6. The number of hydrogen-bond acceptors (Lipinski definition) is 6. The summed E-state index contributed by atoms with van der Waals surface area (Å²) in [6, 6.07) is 9.31. The molecule has 2 unspecified atom stereocenters. The first-order valence-electron chi connectivity index (χ1n) is 14.2. The zero-order valence-corrected chi connectivity index (χ0v) is 24.6. The Kier molecular flexibility index (Phi) is 10.2. The van der Waals surface area contributed by atoms with E-state index in [1.165, 1.54) is 0 Å². The zero-order chi connectivity index (χ0) is 28.7. The normalized spacial score (nSPS) is 16.6. The Morgan fingerprint density at radius 3 is 2.36 bits per heavy atom. The van der Waals surface area contributed by atoms with Gasteiger partial charge in [-0.15, -0.1) is 0 Å². The van der Waals surface area contributed by atoms with Crippen molar-refractivity contribution in [2.75, 3.05) is 26.2 Å². The second kappa shape index (κ2) is 13.2. The van der Waals surface area contributed by atoms with Crippen molar-refractivity contribution in [3.8, 4) is 11.4 Å². The average molecular weight is 537 g/mol. The molecule has 8 nitrogen and oxygen atoms in total. The fourth-order valence-corrected chi connectivity index (χ4v) is 5.41. The van der Waals surface area contributed by atoms with Crippen molar-refractivity contribution in [3.05, 3.63) is 47.3 Å². The van der Waals surface area contributed by atoms with Crippen molar-refractivity contribution in [2.45, 2.75) is 80.2 Å². The van der Waals surface area contributed by atoms with Gasteiger partial charge in [0.15, 0.2) is 5.82 Å². The monoisotopic (exact) mass is 536 g/mol. The smallest absolute Gasteiger partial charge is 0.342 e. The van der Waals surface area contributed by atoms with Crippen LogP contribution in [0.1, 0.15) is 94.3 Å². The number of rotatable bonds is 9. The molecule has 0 N–H and O–H groups in total. The van der Waals surface area contributed by atoms with Gasteiger partial charge in [-0.05, 0) is 38.0 Å². The van der Waals surface area contributed by atoms with E-state index in [9.17, 15) is 14.4 Å². The molecule has 2 amide bonds. The molecule has 0 spiro atoms. The molecule has 3 rings (SSSR count). The number of nitrogens with zero attached hydrogens (tertiary/aromatic N) is 4. The molecular weight excluding hydrogens is 492 g/mol. The van der Waals surface area contributed by atoms with Gasteiger partial charge in [0.2, 0.25) is 5.91 Å². The average Bonchev–Trinajstić information content (AvgIpc) is 2.87. The Balaban J connectivity index is 1.89. The number of amides is 2. The maximum absolute atomic E-state index is 14.0. The van der Waals surface area contributed by atoms with Crippen LogP contribution in [0.2, 0.25) is 0 Å². The van der Waals surface area contributed by atoms with Gasteiger partial charge in [0.1, 0.15) is 11.3 Å². The van der Waals surface area contributed by atoms with Gasteiger partial charge in [-0.3, -0.25) is 9.59 Å². The van der Waals surface area contributed by atoms with Crippen molar-refractivity contribution < 1.29 is 19.1 Å². The van der Waals surface area contributed by atoms with E-state index in [0.29, 0.717) is 44.0 Å². The third-order valence-electron chi connectivity index (χ3n) is 6.90. The fourth-order valence-electron chi connectivity index (χ4n) is 5.41. The van der Waals surface area contributed by atoms with Crippen molar-refractivity contribution in [2.24, 2.45) is 11.3 Å². The van der Waals surface area contributed by atoms with Crippen LogP contribution in [0, 0.1) is 11.3 Å². The maximum Gasteiger partial charge on any atom is 0.342 e. The van der Waals surface area contributed by atoms with E-state index in [1.54, 1.807) is 11.8 Å². The largest absolute Gasteiger partial charge is 0.462 e. The molecular formula is C31H44N4O4. The Labute approximate surface area is 233 Å². The van der Waals surface area contributed by atoms with Crippen LogP contribution in [0.25, 0.3) is 11.4 Å². The first-order valence-corrected chi connectivity index (χ1v) is 14.2. The molecule has 1 aromatic carbocycles. The minimum atomic E-state index is -0.585. The second-order valence-electron chi connectivity index (χ2n) is 11.8. The summed E-state index contributed by atoms with van der Waals surface area (Å²) in [6.45, 7) is 15.8. The summed E-state index contributed by atoms with van der Waals surface area (Å²) < 4.78 is 5.34. The van der Waals surface area contributed by atoms with E-state index in [-0.39, 0.29) is 47.1 Å². The predicted octanol–water partition coefficient (Wildman–Crippen LogP) is 5.41. The van der Waals surface area contributed by atoms with Crippen LogP contribution in [-0.2, 0) is 16.0 Å². The lowest BCUT2D eigenvalue weighted by Gasteiger charge is -2.40. The topological polar surface area (TPSA) is 92.7 Å². The number of aryl methyl sites for hydroxylation is 1. The molecule has 1 aromatic heterocycles. The molecule has 2 atom stereocenters. The maximum atomic E-state index is 14.0. The fraction of sp³-hybridized carbons (Fsp3) is 0.581. The van der Waals surface area contributed by atoms with E-state index < -0.39 is 5.97 Å². The number of esters is 1. The van der Waals surface area contributed by atoms with Crippen molar-refractivity contribution in [1.82, 2.24) is 19.8 Å². The van der Waals surface area contributed by atoms with E-state index in [1.807, 2.05) is 49.1 Å². The number of carbonyl (C=O) groups excluding carboxylic acids is 3. The lowest BCUT2D eigenvalue weighted by molar-refractivity contribution is -0.136. The Morgan fingerprint density at radius 1 is 1.08 bits per heavy atom. The molecule has 1 aliphatic heterocycles. The van der Waals surface area contributed by atoms with Crippen LogP contribution >= 0.6 is 0 Å². The molecule has 0 radical (unpaired) electrons. The summed E-state index contributed by atoms with van der Waals surface area (Å²) in [7, 11) is 0. The Morgan fingerprint density at radius 2 is 1.77 bits per heavy atom. The molecule has 0 aliphatic carbocycles. The van der Waals surface area contributed by atoms with Gasteiger partial charge in [-0.1, -0.05) is 71.4 Å². The van der Waals surface area contributed by atoms with Crippen LogP contribution in [0.5, 0.6) is 0 Å². The summed E-state index contributed by atoms with van der Waals surface area (Å²) in [5, 5.41) is 0. The van der Waals surface area contributed by atoms with Crippen LogP contribution < -0.4 is 0 Å². The highest BCUT2D eigenvalue weighted by molar-refractivity contribution is 6.05. The SMILES string of the molecule is CCCc1nc(-c2ccccc2)nc(C(=O)N2CCN(C(=O)CC(C)CC(C)(C)C)C(C)C2)c1C(=O)OCC. The number of carbonyl (C=O) groups is 3. The summed E-state index contributed by atoms with van der Waals surface area (Å²) in [5.41, 5.74) is 1.66. The number of ether oxygens (including phenoxy) is 1. The number of hydrogen-bond donors (Lipinski definition) is 0. The number of piperazine rings is 1. The van der Waals surface area contributed by atoms with Gasteiger partial charge >= 0.3 is 5.97 Å². The molecule has 0 bridgehead atoms. The third-order valence-corrected chi connectivity index (χ3v) is 6.90. The molecule has 1 saturated heterocycles. The molecule has 2 heterocycles. The molecule has 212 valence electrons. The summed E-state index contributed by atoms with van der Waals surface area (Å²) in [4.78, 5) is 53.1. The number of aromatic nitrogens is 2. The summed E-state index contributed by atoms with van der Waals surface area (Å²) >= 11 is 0. The molecule has 1 fully saturated rings. The van der Waals surface area contributed by atoms with Crippen LogP contribution in [0.4, 0.5) is 0 Å². The van der Waals surface area contributed by atoms with Gasteiger partial charge in [0, 0.05) is 37.7 Å². The number of benzene rings is 1. The quantitative estimate of drug-likeness (QED) is 0.398. The van der Waals surface area contributed by atoms with Crippen LogP contribution in [-0.4, -0.2) is 69.8 Å². The second-order valence-corrected chi connectivity index (χ2v) is 11.8. The lowest BCUT2D eigenvalue weighted by atomic mass is 9.84. The lowest BCUT2D eigenvalue weighted by Crippen LogP contribution is -2.55. The van der Waals surface area contributed by atoms with Crippen LogP contribution in [0.3, 0.4) is 0 Å². The van der Waals surface area contributed by atoms with Crippen molar-refractivity contribution >= 4 is 17.8 Å². The van der Waals surface area contributed by atoms with Gasteiger partial charge in [-0.2, -0.15) is 0 Å². The molecule has 39 heavy (non-hydrogen) atoms. The highest BCUT2D eigenvalue weighted by atomic mass is 16.5. The van der Waals surface area contributed by atoms with E-state index in [0.717, 1.165) is 18.4 Å². The third kappa shape index (κ3) is 7.87.